The van der Waals surface area contributed by atoms with Gasteiger partial charge in [0.2, 0.25) is 0 Å². The summed E-state index contributed by atoms with van der Waals surface area (Å²) in [6, 6.07) is 13.1. The van der Waals surface area contributed by atoms with Crippen LogP contribution >= 0.6 is 0 Å². The monoisotopic (exact) mass is 221 g/mol. The molecule has 0 nitrogen and oxygen atoms in total. The van der Waals surface area contributed by atoms with E-state index in [1.807, 2.05) is 0 Å². The van der Waals surface area contributed by atoms with E-state index in [-0.39, 0.29) is 0 Å². The number of benzene rings is 2. The maximum atomic E-state index is 2.29. The van der Waals surface area contributed by atoms with E-state index in [0.717, 1.165) is 6.42 Å². The number of allylic oxidation sites excluding steroid dienone is 1. The van der Waals surface area contributed by atoms with Crippen molar-refractivity contribution in [1.82, 2.24) is 0 Å². The first-order valence-electron chi connectivity index (χ1n) is 6.32. The molecule has 1 aliphatic rings. The lowest BCUT2D eigenvalue weighted by Crippen LogP contribution is -2.00. The van der Waals surface area contributed by atoms with Crippen LogP contribution in [0.25, 0.3) is 16.8 Å². The summed E-state index contributed by atoms with van der Waals surface area (Å²) in [4.78, 5) is 0. The van der Waals surface area contributed by atoms with Gasteiger partial charge < -0.3 is 0 Å². The molecule has 0 N–H and O–H groups in total. The largest absolute Gasteiger partial charge is 0.0721 e. The lowest BCUT2D eigenvalue weighted by atomic mass is 9.88. The van der Waals surface area contributed by atoms with Crippen molar-refractivity contribution >= 4 is 16.8 Å². The van der Waals surface area contributed by atoms with Gasteiger partial charge in [0.15, 0.2) is 0 Å². The van der Waals surface area contributed by atoms with E-state index in [9.17, 15) is 0 Å². The minimum atomic E-state index is 0.708. The summed E-state index contributed by atoms with van der Waals surface area (Å²) in [5.74, 6) is 2.20. The molecule has 0 heteroatoms. The van der Waals surface area contributed by atoms with Crippen LogP contribution < -0.4 is 0 Å². The fourth-order valence-corrected chi connectivity index (χ4v) is 2.67. The number of hydrogen-bond acceptors (Lipinski definition) is 0. The SMILES string of the molecule is CC(C)C[C]1C=Cc2ccc3ccccc3c21. The van der Waals surface area contributed by atoms with Gasteiger partial charge in [-0.05, 0) is 34.2 Å². The van der Waals surface area contributed by atoms with E-state index >= 15 is 0 Å². The Morgan fingerprint density at radius 2 is 1.76 bits per heavy atom. The second kappa shape index (κ2) is 4.03. The molecule has 0 saturated carbocycles. The van der Waals surface area contributed by atoms with Gasteiger partial charge in [-0.3, -0.25) is 0 Å². The maximum Gasteiger partial charge on any atom is 0.0282 e. The molecular formula is C17H17. The van der Waals surface area contributed by atoms with Gasteiger partial charge in [0, 0.05) is 5.92 Å². The van der Waals surface area contributed by atoms with Gasteiger partial charge in [-0.2, -0.15) is 0 Å². The highest BCUT2D eigenvalue weighted by atomic mass is 14.2. The number of rotatable bonds is 2. The summed E-state index contributed by atoms with van der Waals surface area (Å²) in [6.45, 7) is 4.56. The molecule has 85 valence electrons. The second-order valence-electron chi connectivity index (χ2n) is 5.21. The lowest BCUT2D eigenvalue weighted by Gasteiger charge is -2.15. The Bertz CT molecular complexity index is 576. The summed E-state index contributed by atoms with van der Waals surface area (Å²) in [6.07, 6.45) is 5.70. The molecule has 0 aliphatic heterocycles. The van der Waals surface area contributed by atoms with Crippen LogP contribution in [0.1, 0.15) is 31.4 Å². The standard InChI is InChI=1S/C17H17/c1-12(2)11-15-10-9-14-8-7-13-5-3-4-6-16(13)17(14)15/h3-10,12H,11H2,1-2H3. The Balaban J connectivity index is 2.16. The predicted molar refractivity (Wildman–Crippen MR) is 74.8 cm³/mol. The molecule has 0 atom stereocenters. The Morgan fingerprint density at radius 3 is 2.59 bits per heavy atom. The molecule has 2 aromatic rings. The molecule has 2 aromatic carbocycles. The lowest BCUT2D eigenvalue weighted by molar-refractivity contribution is 0.624. The van der Waals surface area contributed by atoms with Crippen LogP contribution in [0.3, 0.4) is 0 Å². The quantitative estimate of drug-likeness (QED) is 0.681. The molecule has 0 amide bonds. The maximum absolute atomic E-state index is 2.29. The highest BCUT2D eigenvalue weighted by molar-refractivity contribution is 5.93. The number of hydrogen-bond donors (Lipinski definition) is 0. The fraction of sp³-hybridized carbons (Fsp3) is 0.235. The molecule has 0 heterocycles. The highest BCUT2D eigenvalue weighted by Crippen LogP contribution is 2.38. The van der Waals surface area contributed by atoms with Crippen LogP contribution in [0.5, 0.6) is 0 Å². The van der Waals surface area contributed by atoms with E-state index in [1.54, 1.807) is 0 Å². The zero-order valence-corrected chi connectivity index (χ0v) is 10.4. The summed E-state index contributed by atoms with van der Waals surface area (Å²) >= 11 is 0. The topological polar surface area (TPSA) is 0 Å². The second-order valence-corrected chi connectivity index (χ2v) is 5.21. The van der Waals surface area contributed by atoms with Gasteiger partial charge in [-0.1, -0.05) is 62.4 Å². The van der Waals surface area contributed by atoms with Gasteiger partial charge in [0.25, 0.3) is 0 Å². The molecule has 0 bridgehead atoms. The minimum Gasteiger partial charge on any atom is -0.0721 e. The third-order valence-corrected chi connectivity index (χ3v) is 3.37. The van der Waals surface area contributed by atoms with Crippen LogP contribution in [0, 0.1) is 11.8 Å². The van der Waals surface area contributed by atoms with Crippen LogP contribution in [-0.4, -0.2) is 0 Å². The van der Waals surface area contributed by atoms with Crippen LogP contribution in [-0.2, 0) is 0 Å². The van der Waals surface area contributed by atoms with Crippen molar-refractivity contribution in [3.63, 3.8) is 0 Å². The van der Waals surface area contributed by atoms with E-state index in [1.165, 1.54) is 27.8 Å². The van der Waals surface area contributed by atoms with Crippen molar-refractivity contribution in [2.75, 3.05) is 0 Å². The van der Waals surface area contributed by atoms with Gasteiger partial charge in [0.05, 0.1) is 0 Å². The molecule has 0 spiro atoms. The number of fused-ring (bicyclic) bond motifs is 3. The van der Waals surface area contributed by atoms with Crippen molar-refractivity contribution in [1.29, 1.82) is 0 Å². The average Bonchev–Trinajstić information content (AvgIpc) is 2.72. The van der Waals surface area contributed by atoms with Crippen molar-refractivity contribution in [3.8, 4) is 0 Å². The summed E-state index contributed by atoms with van der Waals surface area (Å²) < 4.78 is 0. The molecule has 0 saturated heterocycles. The zero-order valence-electron chi connectivity index (χ0n) is 10.4. The third-order valence-electron chi connectivity index (χ3n) is 3.37. The summed E-state index contributed by atoms with van der Waals surface area (Å²) in [5, 5.41) is 2.74. The first-order chi connectivity index (χ1) is 8.25. The molecule has 1 aliphatic carbocycles. The van der Waals surface area contributed by atoms with E-state index in [2.05, 4.69) is 62.4 Å². The Kier molecular flexibility index (Phi) is 2.51. The molecular weight excluding hydrogens is 204 g/mol. The minimum absolute atomic E-state index is 0.708. The molecule has 0 fully saturated rings. The van der Waals surface area contributed by atoms with Gasteiger partial charge in [-0.15, -0.1) is 0 Å². The Labute approximate surface area is 103 Å². The highest BCUT2D eigenvalue weighted by Gasteiger charge is 2.21. The molecule has 17 heavy (non-hydrogen) atoms. The Hall–Kier alpha value is -1.56. The van der Waals surface area contributed by atoms with Crippen molar-refractivity contribution in [2.45, 2.75) is 20.3 Å². The summed E-state index contributed by atoms with van der Waals surface area (Å²) in [5.41, 5.74) is 2.83. The summed E-state index contributed by atoms with van der Waals surface area (Å²) in [7, 11) is 0. The molecule has 0 aromatic heterocycles. The van der Waals surface area contributed by atoms with Gasteiger partial charge in [0.1, 0.15) is 0 Å². The van der Waals surface area contributed by atoms with Crippen molar-refractivity contribution in [3.05, 3.63) is 59.5 Å². The predicted octanol–water partition coefficient (Wildman–Crippen LogP) is 4.84. The first kappa shape index (κ1) is 10.6. The van der Waals surface area contributed by atoms with Crippen LogP contribution in [0.2, 0.25) is 0 Å². The van der Waals surface area contributed by atoms with E-state index in [4.69, 9.17) is 0 Å². The molecule has 1 radical (unpaired) electrons. The van der Waals surface area contributed by atoms with Crippen LogP contribution in [0.4, 0.5) is 0 Å². The Morgan fingerprint density at radius 1 is 0.941 bits per heavy atom. The average molecular weight is 221 g/mol. The molecule has 0 unspecified atom stereocenters. The van der Waals surface area contributed by atoms with Gasteiger partial charge in [-0.25, -0.2) is 0 Å². The van der Waals surface area contributed by atoms with E-state index in [0.29, 0.717) is 5.92 Å². The zero-order chi connectivity index (χ0) is 11.8. The fourth-order valence-electron chi connectivity index (χ4n) is 2.67. The smallest absolute Gasteiger partial charge is 0.0282 e. The molecule has 3 rings (SSSR count). The van der Waals surface area contributed by atoms with E-state index < -0.39 is 0 Å². The van der Waals surface area contributed by atoms with Crippen molar-refractivity contribution in [2.24, 2.45) is 5.92 Å². The normalized spacial score (nSPS) is 14.8. The van der Waals surface area contributed by atoms with Crippen molar-refractivity contribution < 1.29 is 0 Å². The third kappa shape index (κ3) is 1.78. The van der Waals surface area contributed by atoms with Gasteiger partial charge >= 0.3 is 0 Å². The first-order valence-corrected chi connectivity index (χ1v) is 6.32. The van der Waals surface area contributed by atoms with Crippen LogP contribution in [0.15, 0.2) is 42.5 Å².